The summed E-state index contributed by atoms with van der Waals surface area (Å²) in [6.45, 7) is 2.99. The number of piperidine rings is 1. The summed E-state index contributed by atoms with van der Waals surface area (Å²) in [4.78, 5) is 14.5. The quantitative estimate of drug-likeness (QED) is 0.789. The van der Waals surface area contributed by atoms with Crippen LogP contribution in [0.1, 0.15) is 38.5 Å². The Labute approximate surface area is 126 Å². The average molecular weight is 288 g/mol. The van der Waals surface area contributed by atoms with Crippen molar-refractivity contribution >= 4 is 5.97 Å². The molecule has 0 radical (unpaired) electrons. The van der Waals surface area contributed by atoms with E-state index in [-0.39, 0.29) is 12.1 Å². The molecule has 1 aliphatic carbocycles. The topological polar surface area (TPSA) is 55.6 Å². The first kappa shape index (κ1) is 13.4. The molecular weight excluding hydrogens is 264 g/mol. The van der Waals surface area contributed by atoms with Crippen molar-refractivity contribution in [1.29, 1.82) is 0 Å². The van der Waals surface area contributed by atoms with Gasteiger partial charge in [0.15, 0.2) is 0 Å². The van der Waals surface area contributed by atoms with E-state index < -0.39 is 0 Å². The van der Waals surface area contributed by atoms with Crippen LogP contribution in [0.3, 0.4) is 0 Å². The lowest BCUT2D eigenvalue weighted by Gasteiger charge is -2.49. The fourth-order valence-corrected chi connectivity index (χ4v) is 4.69. The largest absolute Gasteiger partial charge is 0.457 e. The van der Waals surface area contributed by atoms with Gasteiger partial charge in [-0.1, -0.05) is 6.08 Å². The number of ether oxygens (including phenoxy) is 1. The van der Waals surface area contributed by atoms with Crippen molar-refractivity contribution in [2.45, 2.75) is 44.6 Å². The summed E-state index contributed by atoms with van der Waals surface area (Å²) in [5, 5.41) is 0. The van der Waals surface area contributed by atoms with Crippen LogP contribution >= 0.6 is 0 Å². The molecule has 21 heavy (non-hydrogen) atoms. The van der Waals surface area contributed by atoms with E-state index in [0.717, 1.165) is 12.8 Å². The van der Waals surface area contributed by atoms with Crippen LogP contribution in [0.5, 0.6) is 0 Å². The van der Waals surface area contributed by atoms with Crippen molar-refractivity contribution in [3.8, 4) is 0 Å². The monoisotopic (exact) mass is 288 g/mol. The number of nitrogens with two attached hydrogens (primary N) is 1. The lowest BCUT2D eigenvalue weighted by Crippen LogP contribution is -2.48. The molecule has 0 aromatic heterocycles. The summed E-state index contributed by atoms with van der Waals surface area (Å²) in [7, 11) is 0. The van der Waals surface area contributed by atoms with Gasteiger partial charge in [0.2, 0.25) is 0 Å². The molecule has 2 N–H and O–H groups in total. The van der Waals surface area contributed by atoms with E-state index in [0.29, 0.717) is 24.8 Å². The SMILES string of the molecule is NCCC1CC(=O)OC2C1=CC1=C3C2CCCN3CCC1. The Balaban J connectivity index is 1.76. The predicted molar refractivity (Wildman–Crippen MR) is 80.3 cm³/mol. The molecule has 3 atom stereocenters. The molecule has 2 fully saturated rings. The number of hydrogen-bond donors (Lipinski definition) is 1. The number of hydrogen-bond acceptors (Lipinski definition) is 4. The third-order valence-corrected chi connectivity index (χ3v) is 5.53. The fraction of sp³-hybridized carbons (Fsp3) is 0.706. The van der Waals surface area contributed by atoms with Crippen LogP contribution in [0.25, 0.3) is 0 Å². The molecule has 0 amide bonds. The van der Waals surface area contributed by atoms with Crippen molar-refractivity contribution in [3.63, 3.8) is 0 Å². The minimum atomic E-state index is -0.0346. The van der Waals surface area contributed by atoms with E-state index in [1.165, 1.54) is 49.2 Å². The normalized spacial score (nSPS) is 34.9. The molecule has 0 spiro atoms. The molecule has 4 nitrogen and oxygen atoms in total. The number of carbonyl (C=O) groups is 1. The van der Waals surface area contributed by atoms with Crippen molar-refractivity contribution in [3.05, 3.63) is 22.9 Å². The van der Waals surface area contributed by atoms with Crippen LogP contribution < -0.4 is 5.73 Å². The first-order valence-corrected chi connectivity index (χ1v) is 8.37. The second-order valence-corrected chi connectivity index (χ2v) is 6.78. The highest BCUT2D eigenvalue weighted by Gasteiger charge is 2.45. The minimum Gasteiger partial charge on any atom is -0.457 e. The Morgan fingerprint density at radius 2 is 2.19 bits per heavy atom. The zero-order valence-corrected chi connectivity index (χ0v) is 12.5. The number of esters is 1. The molecule has 0 aromatic carbocycles. The Kier molecular flexibility index (Phi) is 3.29. The van der Waals surface area contributed by atoms with Gasteiger partial charge in [-0.15, -0.1) is 0 Å². The van der Waals surface area contributed by atoms with E-state index in [1.807, 2.05) is 0 Å². The van der Waals surface area contributed by atoms with Gasteiger partial charge in [0.05, 0.1) is 6.42 Å². The molecule has 3 aliphatic heterocycles. The Morgan fingerprint density at radius 3 is 3.05 bits per heavy atom. The Morgan fingerprint density at radius 1 is 1.33 bits per heavy atom. The summed E-state index contributed by atoms with van der Waals surface area (Å²) in [6, 6.07) is 0. The average Bonchev–Trinajstić information content (AvgIpc) is 2.49. The van der Waals surface area contributed by atoms with Crippen LogP contribution in [0.2, 0.25) is 0 Å². The van der Waals surface area contributed by atoms with E-state index in [1.54, 1.807) is 0 Å². The van der Waals surface area contributed by atoms with Gasteiger partial charge in [-0.25, -0.2) is 0 Å². The molecule has 2 saturated heterocycles. The standard InChI is InChI=1S/C17H24N2O2/c18-6-5-11-10-15(20)21-17-13-4-2-8-19-7-1-3-12(16(13)19)9-14(11)17/h9,11,13,17H,1-8,10,18H2. The fourth-order valence-electron chi connectivity index (χ4n) is 4.69. The van der Waals surface area contributed by atoms with E-state index in [9.17, 15) is 4.79 Å². The lowest BCUT2D eigenvalue weighted by atomic mass is 9.71. The molecular formula is C17H24N2O2. The maximum absolute atomic E-state index is 12.0. The molecule has 114 valence electrons. The molecule has 4 aliphatic rings. The van der Waals surface area contributed by atoms with Crippen molar-refractivity contribution in [1.82, 2.24) is 4.90 Å². The maximum Gasteiger partial charge on any atom is 0.307 e. The van der Waals surface area contributed by atoms with Crippen LogP contribution in [0.4, 0.5) is 0 Å². The van der Waals surface area contributed by atoms with Crippen LogP contribution in [0.15, 0.2) is 22.9 Å². The van der Waals surface area contributed by atoms with Gasteiger partial charge in [-0.05, 0) is 55.7 Å². The van der Waals surface area contributed by atoms with Gasteiger partial charge in [0.1, 0.15) is 6.10 Å². The second-order valence-electron chi connectivity index (χ2n) is 6.78. The first-order chi connectivity index (χ1) is 10.3. The maximum atomic E-state index is 12.0. The van der Waals surface area contributed by atoms with Crippen molar-refractivity contribution < 1.29 is 9.53 Å². The van der Waals surface area contributed by atoms with Gasteiger partial charge < -0.3 is 15.4 Å². The number of allylic oxidation sites excluding steroid dienone is 2. The smallest absolute Gasteiger partial charge is 0.307 e. The zero-order valence-electron chi connectivity index (χ0n) is 12.5. The summed E-state index contributed by atoms with van der Waals surface area (Å²) in [5.74, 6) is 0.666. The summed E-state index contributed by atoms with van der Waals surface area (Å²) >= 11 is 0. The molecule has 0 bridgehead atoms. The first-order valence-electron chi connectivity index (χ1n) is 8.37. The van der Waals surface area contributed by atoms with Gasteiger partial charge in [-0.3, -0.25) is 4.79 Å². The van der Waals surface area contributed by atoms with Gasteiger partial charge in [0, 0.05) is 24.7 Å². The predicted octanol–water partition coefficient (Wildman–Crippen LogP) is 1.97. The number of fused-ring (bicyclic) bond motifs is 2. The highest BCUT2D eigenvalue weighted by atomic mass is 16.5. The van der Waals surface area contributed by atoms with Gasteiger partial charge in [-0.2, -0.15) is 0 Å². The summed E-state index contributed by atoms with van der Waals surface area (Å²) in [5.41, 5.74) is 10.1. The highest BCUT2D eigenvalue weighted by Crippen LogP contribution is 2.47. The molecule has 0 aromatic rings. The second kappa shape index (κ2) is 5.16. The summed E-state index contributed by atoms with van der Waals surface area (Å²) < 4.78 is 5.79. The molecule has 3 unspecified atom stereocenters. The van der Waals surface area contributed by atoms with Crippen LogP contribution in [-0.4, -0.2) is 36.6 Å². The number of carbonyl (C=O) groups excluding carboxylic acids is 1. The molecule has 0 saturated carbocycles. The summed E-state index contributed by atoms with van der Waals surface area (Å²) in [6.07, 6.45) is 8.56. The highest BCUT2D eigenvalue weighted by molar-refractivity contribution is 5.73. The van der Waals surface area contributed by atoms with Crippen molar-refractivity contribution in [2.75, 3.05) is 19.6 Å². The van der Waals surface area contributed by atoms with Crippen LogP contribution in [-0.2, 0) is 9.53 Å². The van der Waals surface area contributed by atoms with Crippen molar-refractivity contribution in [2.24, 2.45) is 17.6 Å². The van der Waals surface area contributed by atoms with E-state index >= 15 is 0 Å². The minimum absolute atomic E-state index is 0.0116. The molecule has 4 heteroatoms. The molecule has 3 heterocycles. The molecule has 4 rings (SSSR count). The Bertz CT molecular complexity index is 523. The number of nitrogens with zero attached hydrogens (tertiary/aromatic N) is 1. The zero-order chi connectivity index (χ0) is 14.4. The van der Waals surface area contributed by atoms with E-state index in [2.05, 4.69) is 11.0 Å². The van der Waals surface area contributed by atoms with Gasteiger partial charge in [0.25, 0.3) is 0 Å². The number of rotatable bonds is 2. The lowest BCUT2D eigenvalue weighted by molar-refractivity contribution is -0.155. The van der Waals surface area contributed by atoms with Gasteiger partial charge >= 0.3 is 5.97 Å². The third kappa shape index (κ3) is 2.11. The van der Waals surface area contributed by atoms with Crippen LogP contribution in [0, 0.1) is 11.8 Å². The third-order valence-electron chi connectivity index (χ3n) is 5.53. The Hall–Kier alpha value is -1.29. The van der Waals surface area contributed by atoms with E-state index in [4.69, 9.17) is 10.5 Å².